The van der Waals surface area contributed by atoms with Crippen molar-refractivity contribution in [3.63, 3.8) is 0 Å². The minimum absolute atomic E-state index is 0.0642. The third-order valence-corrected chi connectivity index (χ3v) is 7.07. The standard InChI is InChI=1S/C32H29N5O5S/c1-39-27-18-23(19-28(40-2)30(27)41-3)31-35-36-32(37(31)24-12-6-4-7-13-24)43-21-29(38)34-33-20-22-11-10-16-26(17-22)42-25-14-8-5-9-15-25/h4-20H,21H2,1-3H3,(H,34,38)/b33-20+. The molecule has 4 aromatic carbocycles. The Kier molecular flexibility index (Phi) is 9.55. The topological polar surface area (TPSA) is 109 Å². The molecule has 1 amide bonds. The highest BCUT2D eigenvalue weighted by molar-refractivity contribution is 7.99. The van der Waals surface area contributed by atoms with Gasteiger partial charge in [-0.1, -0.05) is 60.3 Å². The fraction of sp³-hybridized carbons (Fsp3) is 0.125. The highest BCUT2D eigenvalue weighted by Gasteiger charge is 2.21. The highest BCUT2D eigenvalue weighted by atomic mass is 32.2. The van der Waals surface area contributed by atoms with Crippen molar-refractivity contribution in [3.8, 4) is 45.8 Å². The Hall–Kier alpha value is -5.29. The SMILES string of the molecule is COc1cc(-c2nnc(SCC(=O)N/N=C/c3cccc(Oc4ccccc4)c3)n2-c2ccccc2)cc(OC)c1OC. The van der Waals surface area contributed by atoms with Crippen LogP contribution in [0.2, 0.25) is 0 Å². The molecule has 0 bridgehead atoms. The van der Waals surface area contributed by atoms with Crippen LogP contribution in [0.4, 0.5) is 0 Å². The number of hydrogen-bond acceptors (Lipinski definition) is 9. The second-order valence-corrected chi connectivity index (χ2v) is 9.90. The Labute approximate surface area is 253 Å². The smallest absolute Gasteiger partial charge is 0.250 e. The van der Waals surface area contributed by atoms with Gasteiger partial charge in [-0.05, 0) is 54.1 Å². The molecule has 5 rings (SSSR count). The van der Waals surface area contributed by atoms with E-state index in [1.165, 1.54) is 11.8 Å². The van der Waals surface area contributed by atoms with Crippen molar-refractivity contribution in [1.82, 2.24) is 20.2 Å². The maximum absolute atomic E-state index is 12.7. The maximum Gasteiger partial charge on any atom is 0.250 e. The second-order valence-electron chi connectivity index (χ2n) is 8.96. The minimum Gasteiger partial charge on any atom is -0.493 e. The molecule has 5 aromatic rings. The van der Waals surface area contributed by atoms with E-state index < -0.39 is 0 Å². The van der Waals surface area contributed by atoms with Crippen LogP contribution >= 0.6 is 11.8 Å². The molecule has 11 heteroatoms. The van der Waals surface area contributed by atoms with E-state index in [2.05, 4.69) is 20.7 Å². The first-order valence-corrected chi connectivity index (χ1v) is 14.2. The number of benzene rings is 4. The number of carbonyl (C=O) groups excluding carboxylic acids is 1. The lowest BCUT2D eigenvalue weighted by atomic mass is 10.1. The van der Waals surface area contributed by atoms with E-state index in [0.29, 0.717) is 39.5 Å². The van der Waals surface area contributed by atoms with E-state index in [1.807, 2.05) is 89.5 Å². The number of nitrogens with one attached hydrogen (secondary N) is 1. The summed E-state index contributed by atoms with van der Waals surface area (Å²) in [5.41, 5.74) is 4.88. The molecule has 0 saturated heterocycles. The number of hydrogen-bond donors (Lipinski definition) is 1. The normalized spacial score (nSPS) is 10.9. The van der Waals surface area contributed by atoms with Crippen molar-refractivity contribution >= 4 is 23.9 Å². The van der Waals surface area contributed by atoms with Crippen LogP contribution in [0.1, 0.15) is 5.56 Å². The van der Waals surface area contributed by atoms with Crippen LogP contribution in [0.25, 0.3) is 17.1 Å². The number of thioether (sulfide) groups is 1. The van der Waals surface area contributed by atoms with Crippen molar-refractivity contribution in [2.24, 2.45) is 5.10 Å². The predicted molar refractivity (Wildman–Crippen MR) is 166 cm³/mol. The number of rotatable bonds is 12. The van der Waals surface area contributed by atoms with Gasteiger partial charge in [-0.25, -0.2) is 5.43 Å². The van der Waals surface area contributed by atoms with Crippen LogP contribution in [-0.4, -0.2) is 54.0 Å². The first-order chi connectivity index (χ1) is 21.1. The first-order valence-electron chi connectivity index (χ1n) is 13.2. The van der Waals surface area contributed by atoms with Gasteiger partial charge in [0.1, 0.15) is 11.5 Å². The van der Waals surface area contributed by atoms with Gasteiger partial charge in [0.2, 0.25) is 5.75 Å². The quantitative estimate of drug-likeness (QED) is 0.106. The number of amides is 1. The summed E-state index contributed by atoms with van der Waals surface area (Å²) >= 11 is 1.24. The lowest BCUT2D eigenvalue weighted by molar-refractivity contribution is -0.118. The molecule has 0 atom stereocenters. The van der Waals surface area contributed by atoms with Crippen LogP contribution in [0, 0.1) is 0 Å². The summed E-state index contributed by atoms with van der Waals surface area (Å²) < 4.78 is 24.3. The molecule has 0 saturated carbocycles. The van der Waals surface area contributed by atoms with Gasteiger partial charge in [0.05, 0.1) is 33.3 Å². The van der Waals surface area contributed by atoms with E-state index in [-0.39, 0.29) is 11.7 Å². The van der Waals surface area contributed by atoms with Gasteiger partial charge in [0.25, 0.3) is 5.91 Å². The van der Waals surface area contributed by atoms with Crippen molar-refractivity contribution in [1.29, 1.82) is 0 Å². The van der Waals surface area contributed by atoms with Crippen molar-refractivity contribution < 1.29 is 23.7 Å². The molecule has 0 unspecified atom stereocenters. The summed E-state index contributed by atoms with van der Waals surface area (Å²) in [5.74, 6) is 3.17. The molecule has 43 heavy (non-hydrogen) atoms. The first kappa shape index (κ1) is 29.2. The molecule has 0 aliphatic carbocycles. The third kappa shape index (κ3) is 7.14. The Morgan fingerprint density at radius 3 is 2.19 bits per heavy atom. The van der Waals surface area contributed by atoms with Gasteiger partial charge in [0, 0.05) is 11.3 Å². The average Bonchev–Trinajstić information content (AvgIpc) is 3.48. The van der Waals surface area contributed by atoms with E-state index in [1.54, 1.807) is 39.7 Å². The van der Waals surface area contributed by atoms with Gasteiger partial charge in [-0.3, -0.25) is 9.36 Å². The van der Waals surface area contributed by atoms with E-state index in [4.69, 9.17) is 18.9 Å². The zero-order valence-corrected chi connectivity index (χ0v) is 24.6. The molecule has 0 aliphatic heterocycles. The number of aromatic nitrogens is 3. The van der Waals surface area contributed by atoms with E-state index in [9.17, 15) is 4.79 Å². The average molecular weight is 596 g/mol. The number of nitrogens with zero attached hydrogens (tertiary/aromatic N) is 4. The summed E-state index contributed by atoms with van der Waals surface area (Å²) in [6.45, 7) is 0. The largest absolute Gasteiger partial charge is 0.493 e. The third-order valence-electron chi connectivity index (χ3n) is 6.14. The Morgan fingerprint density at radius 2 is 1.51 bits per heavy atom. The van der Waals surface area contributed by atoms with Crippen LogP contribution in [0.15, 0.2) is 107 Å². The lowest BCUT2D eigenvalue weighted by Gasteiger charge is -2.15. The number of hydrazone groups is 1. The monoisotopic (exact) mass is 595 g/mol. The lowest BCUT2D eigenvalue weighted by Crippen LogP contribution is -2.20. The van der Waals surface area contributed by atoms with Crippen LogP contribution in [0.3, 0.4) is 0 Å². The Bertz CT molecular complexity index is 1690. The number of ether oxygens (including phenoxy) is 4. The zero-order valence-electron chi connectivity index (χ0n) is 23.8. The van der Waals surface area contributed by atoms with Gasteiger partial charge in [0.15, 0.2) is 22.5 Å². The zero-order chi connectivity index (χ0) is 30.0. The van der Waals surface area contributed by atoms with Crippen LogP contribution in [-0.2, 0) is 4.79 Å². The molecule has 0 spiro atoms. The number of para-hydroxylation sites is 2. The number of methoxy groups -OCH3 is 3. The van der Waals surface area contributed by atoms with Gasteiger partial charge >= 0.3 is 0 Å². The summed E-state index contributed by atoms with van der Waals surface area (Å²) in [7, 11) is 4.66. The molecular weight excluding hydrogens is 566 g/mol. The molecular formula is C32H29N5O5S. The predicted octanol–water partition coefficient (Wildman–Crippen LogP) is 5.99. The molecule has 1 N–H and O–H groups in total. The molecule has 1 heterocycles. The van der Waals surface area contributed by atoms with Crippen molar-refractivity contribution in [3.05, 3.63) is 103 Å². The summed E-state index contributed by atoms with van der Waals surface area (Å²) in [6.07, 6.45) is 1.56. The highest BCUT2D eigenvalue weighted by Crippen LogP contribution is 2.41. The molecule has 1 aromatic heterocycles. The number of carbonyl (C=O) groups is 1. The van der Waals surface area contributed by atoms with Crippen molar-refractivity contribution in [2.45, 2.75) is 5.16 Å². The molecule has 0 fully saturated rings. The molecule has 0 aliphatic rings. The Morgan fingerprint density at radius 1 is 0.837 bits per heavy atom. The second kappa shape index (κ2) is 14.1. The van der Waals surface area contributed by atoms with Gasteiger partial charge < -0.3 is 18.9 Å². The van der Waals surface area contributed by atoms with Crippen molar-refractivity contribution in [2.75, 3.05) is 27.1 Å². The summed E-state index contributed by atoms with van der Waals surface area (Å²) in [6, 6.07) is 30.2. The summed E-state index contributed by atoms with van der Waals surface area (Å²) in [4.78, 5) is 12.7. The molecule has 0 radical (unpaired) electrons. The fourth-order valence-electron chi connectivity index (χ4n) is 4.19. The molecule has 218 valence electrons. The summed E-state index contributed by atoms with van der Waals surface area (Å²) in [5, 5.41) is 13.5. The maximum atomic E-state index is 12.7. The van der Waals surface area contributed by atoms with Crippen LogP contribution < -0.4 is 24.4 Å². The van der Waals surface area contributed by atoms with E-state index >= 15 is 0 Å². The van der Waals surface area contributed by atoms with Crippen LogP contribution in [0.5, 0.6) is 28.7 Å². The van der Waals surface area contributed by atoms with Gasteiger partial charge in [-0.15, -0.1) is 10.2 Å². The van der Waals surface area contributed by atoms with E-state index in [0.717, 1.165) is 17.0 Å². The Balaban J connectivity index is 1.30. The fourth-order valence-corrected chi connectivity index (χ4v) is 4.94. The molecule has 10 nitrogen and oxygen atoms in total. The minimum atomic E-state index is -0.296. The van der Waals surface area contributed by atoms with Gasteiger partial charge in [-0.2, -0.15) is 5.10 Å².